The molecular formula is C24H48O2. The SMILES string of the molecule is CCCCCCCCCCC(CC(CCCC)CCCCCC)C(=O)O. The molecule has 0 bridgehead atoms. The zero-order valence-corrected chi connectivity index (χ0v) is 18.2. The number of carboxylic acid groups (broad SMARTS) is 1. The van der Waals surface area contributed by atoms with Crippen LogP contribution < -0.4 is 0 Å². The Labute approximate surface area is 164 Å². The van der Waals surface area contributed by atoms with E-state index in [9.17, 15) is 9.90 Å². The van der Waals surface area contributed by atoms with E-state index >= 15 is 0 Å². The first-order valence-corrected chi connectivity index (χ1v) is 11.9. The molecule has 26 heavy (non-hydrogen) atoms. The molecule has 0 aliphatic heterocycles. The summed E-state index contributed by atoms with van der Waals surface area (Å²) in [5.74, 6) is -0.0342. The molecule has 0 aliphatic carbocycles. The summed E-state index contributed by atoms with van der Waals surface area (Å²) in [4.78, 5) is 11.7. The normalized spacial score (nSPS) is 13.7. The van der Waals surface area contributed by atoms with Gasteiger partial charge in [-0.2, -0.15) is 0 Å². The highest BCUT2D eigenvalue weighted by molar-refractivity contribution is 5.69. The van der Waals surface area contributed by atoms with E-state index in [4.69, 9.17) is 0 Å². The van der Waals surface area contributed by atoms with Crippen molar-refractivity contribution in [3.8, 4) is 0 Å². The molecule has 0 aromatic heterocycles. The number of carbonyl (C=O) groups is 1. The van der Waals surface area contributed by atoms with Crippen LogP contribution in [-0.2, 0) is 4.79 Å². The smallest absolute Gasteiger partial charge is 0.306 e. The number of aliphatic carboxylic acids is 1. The molecule has 2 unspecified atom stereocenters. The van der Waals surface area contributed by atoms with Gasteiger partial charge in [0.1, 0.15) is 0 Å². The summed E-state index contributed by atoms with van der Waals surface area (Å²) in [5, 5.41) is 9.66. The van der Waals surface area contributed by atoms with Crippen molar-refractivity contribution in [3.05, 3.63) is 0 Å². The van der Waals surface area contributed by atoms with Crippen molar-refractivity contribution in [2.45, 2.75) is 136 Å². The second kappa shape index (κ2) is 19.2. The van der Waals surface area contributed by atoms with Gasteiger partial charge in [-0.15, -0.1) is 0 Å². The number of rotatable bonds is 20. The van der Waals surface area contributed by atoms with Crippen LogP contribution in [0.4, 0.5) is 0 Å². The van der Waals surface area contributed by atoms with Crippen molar-refractivity contribution in [2.24, 2.45) is 11.8 Å². The van der Waals surface area contributed by atoms with E-state index in [1.807, 2.05) is 0 Å². The quantitative estimate of drug-likeness (QED) is 0.219. The van der Waals surface area contributed by atoms with Gasteiger partial charge in [0.05, 0.1) is 5.92 Å². The van der Waals surface area contributed by atoms with Crippen LogP contribution in [0.2, 0.25) is 0 Å². The molecule has 0 rings (SSSR count). The first-order chi connectivity index (χ1) is 12.7. The Morgan fingerprint density at radius 3 is 1.58 bits per heavy atom. The highest BCUT2D eigenvalue weighted by Gasteiger charge is 2.21. The first kappa shape index (κ1) is 25.5. The van der Waals surface area contributed by atoms with Crippen LogP contribution in [-0.4, -0.2) is 11.1 Å². The second-order valence-corrected chi connectivity index (χ2v) is 8.39. The maximum atomic E-state index is 11.7. The van der Waals surface area contributed by atoms with Crippen LogP contribution >= 0.6 is 0 Å². The third-order valence-electron chi connectivity index (χ3n) is 5.81. The molecule has 1 N–H and O–H groups in total. The van der Waals surface area contributed by atoms with E-state index in [1.165, 1.54) is 96.3 Å². The summed E-state index contributed by atoms with van der Waals surface area (Å²) in [6.07, 6.45) is 22.2. The lowest BCUT2D eigenvalue weighted by Crippen LogP contribution is -2.18. The summed E-state index contributed by atoms with van der Waals surface area (Å²) in [6.45, 7) is 6.74. The minimum atomic E-state index is -0.553. The van der Waals surface area contributed by atoms with Crippen molar-refractivity contribution in [2.75, 3.05) is 0 Å². The average molecular weight is 369 g/mol. The lowest BCUT2D eigenvalue weighted by atomic mass is 9.84. The fraction of sp³-hybridized carbons (Fsp3) is 0.958. The van der Waals surface area contributed by atoms with E-state index in [2.05, 4.69) is 20.8 Å². The van der Waals surface area contributed by atoms with Gasteiger partial charge in [-0.05, 0) is 18.8 Å². The molecule has 0 aromatic rings. The molecule has 0 amide bonds. The Kier molecular flexibility index (Phi) is 18.8. The maximum absolute atomic E-state index is 11.7. The Morgan fingerprint density at radius 2 is 1.04 bits per heavy atom. The highest BCUT2D eigenvalue weighted by Crippen LogP contribution is 2.27. The third kappa shape index (κ3) is 15.7. The summed E-state index contributed by atoms with van der Waals surface area (Å²) >= 11 is 0. The molecule has 0 fully saturated rings. The number of unbranched alkanes of at least 4 members (excludes halogenated alkanes) is 11. The zero-order valence-electron chi connectivity index (χ0n) is 18.2. The Bertz CT molecular complexity index is 301. The van der Waals surface area contributed by atoms with Gasteiger partial charge in [-0.1, -0.05) is 124 Å². The third-order valence-corrected chi connectivity index (χ3v) is 5.81. The van der Waals surface area contributed by atoms with E-state index in [1.54, 1.807) is 0 Å². The topological polar surface area (TPSA) is 37.3 Å². The van der Waals surface area contributed by atoms with Crippen LogP contribution in [0.25, 0.3) is 0 Å². The van der Waals surface area contributed by atoms with Gasteiger partial charge in [0.15, 0.2) is 0 Å². The first-order valence-electron chi connectivity index (χ1n) is 11.9. The van der Waals surface area contributed by atoms with Gasteiger partial charge in [0.2, 0.25) is 0 Å². The fourth-order valence-corrected chi connectivity index (χ4v) is 4.00. The zero-order chi connectivity index (χ0) is 19.5. The van der Waals surface area contributed by atoms with Crippen LogP contribution in [0.15, 0.2) is 0 Å². The molecule has 2 atom stereocenters. The molecule has 2 heteroatoms. The van der Waals surface area contributed by atoms with E-state index < -0.39 is 5.97 Å². The lowest BCUT2D eigenvalue weighted by Gasteiger charge is -2.21. The van der Waals surface area contributed by atoms with Gasteiger partial charge in [0.25, 0.3) is 0 Å². The van der Waals surface area contributed by atoms with Gasteiger partial charge in [-0.25, -0.2) is 0 Å². The molecule has 0 heterocycles. The van der Waals surface area contributed by atoms with Gasteiger partial charge >= 0.3 is 5.97 Å². The summed E-state index contributed by atoms with van der Waals surface area (Å²) in [7, 11) is 0. The summed E-state index contributed by atoms with van der Waals surface area (Å²) < 4.78 is 0. The van der Waals surface area contributed by atoms with Gasteiger partial charge in [0, 0.05) is 0 Å². The van der Waals surface area contributed by atoms with Gasteiger partial charge in [-0.3, -0.25) is 4.79 Å². The second-order valence-electron chi connectivity index (χ2n) is 8.39. The molecular weight excluding hydrogens is 320 g/mol. The predicted molar refractivity (Wildman–Crippen MR) is 115 cm³/mol. The Hall–Kier alpha value is -0.530. The molecule has 0 aliphatic rings. The summed E-state index contributed by atoms with van der Waals surface area (Å²) in [6, 6.07) is 0. The van der Waals surface area contributed by atoms with Crippen molar-refractivity contribution in [1.29, 1.82) is 0 Å². The standard InChI is InChI=1S/C24H48O2/c1-4-7-10-12-13-14-15-17-20-23(24(25)26)21-22(18-9-6-3)19-16-11-8-5-2/h22-23H,4-21H2,1-3H3,(H,25,26). The number of hydrogen-bond acceptors (Lipinski definition) is 1. The van der Waals surface area contributed by atoms with Crippen molar-refractivity contribution >= 4 is 5.97 Å². The molecule has 0 radical (unpaired) electrons. The largest absolute Gasteiger partial charge is 0.481 e. The predicted octanol–water partition coefficient (Wildman–Crippen LogP) is 8.38. The van der Waals surface area contributed by atoms with Crippen molar-refractivity contribution in [3.63, 3.8) is 0 Å². The highest BCUT2D eigenvalue weighted by atomic mass is 16.4. The van der Waals surface area contributed by atoms with E-state index in [0.29, 0.717) is 5.92 Å². The number of carboxylic acids is 1. The minimum Gasteiger partial charge on any atom is -0.481 e. The average Bonchev–Trinajstić information content (AvgIpc) is 2.63. The Balaban J connectivity index is 4.09. The monoisotopic (exact) mass is 368 g/mol. The minimum absolute atomic E-state index is 0.108. The lowest BCUT2D eigenvalue weighted by molar-refractivity contribution is -0.142. The van der Waals surface area contributed by atoms with Crippen LogP contribution in [0.5, 0.6) is 0 Å². The van der Waals surface area contributed by atoms with Crippen LogP contribution in [0.3, 0.4) is 0 Å². The Morgan fingerprint density at radius 1 is 0.615 bits per heavy atom. The van der Waals surface area contributed by atoms with Crippen molar-refractivity contribution < 1.29 is 9.90 Å². The molecule has 0 saturated heterocycles. The van der Waals surface area contributed by atoms with E-state index in [0.717, 1.165) is 19.3 Å². The van der Waals surface area contributed by atoms with Crippen LogP contribution in [0.1, 0.15) is 136 Å². The molecule has 0 saturated carbocycles. The molecule has 0 aromatic carbocycles. The van der Waals surface area contributed by atoms with Gasteiger partial charge < -0.3 is 5.11 Å². The van der Waals surface area contributed by atoms with Crippen LogP contribution in [0, 0.1) is 11.8 Å². The molecule has 2 nitrogen and oxygen atoms in total. The van der Waals surface area contributed by atoms with E-state index in [-0.39, 0.29) is 5.92 Å². The summed E-state index contributed by atoms with van der Waals surface area (Å²) in [5.41, 5.74) is 0. The maximum Gasteiger partial charge on any atom is 0.306 e. The number of hydrogen-bond donors (Lipinski definition) is 1. The van der Waals surface area contributed by atoms with Crippen molar-refractivity contribution in [1.82, 2.24) is 0 Å². The molecule has 0 spiro atoms. The molecule has 156 valence electrons. The fourth-order valence-electron chi connectivity index (χ4n) is 4.00.